The summed E-state index contributed by atoms with van der Waals surface area (Å²) in [5, 5.41) is 3.36. The van der Waals surface area contributed by atoms with Gasteiger partial charge in [0.1, 0.15) is 6.29 Å². The lowest BCUT2D eigenvalue weighted by atomic mass is 9.98. The highest BCUT2D eigenvalue weighted by atomic mass is 16.1. The standard InChI is InChI=1S/C13H15NO/c15-8-2-1-3-11-4-5-12-6-7-14-10-13(12)9-11/h1,3-5,8-9,14H,2,6-7,10H2. The monoisotopic (exact) mass is 201 g/mol. The summed E-state index contributed by atoms with van der Waals surface area (Å²) in [5.41, 5.74) is 4.01. The maximum Gasteiger partial charge on any atom is 0.123 e. The average molecular weight is 201 g/mol. The number of hydrogen-bond acceptors (Lipinski definition) is 2. The van der Waals surface area contributed by atoms with Crippen LogP contribution in [0.15, 0.2) is 24.3 Å². The molecular weight excluding hydrogens is 186 g/mol. The van der Waals surface area contributed by atoms with Gasteiger partial charge < -0.3 is 10.1 Å². The molecule has 0 saturated heterocycles. The quantitative estimate of drug-likeness (QED) is 0.757. The molecule has 1 aliphatic heterocycles. The van der Waals surface area contributed by atoms with E-state index in [1.165, 1.54) is 16.7 Å². The Morgan fingerprint density at radius 1 is 1.33 bits per heavy atom. The molecule has 1 aromatic carbocycles. The second-order valence-corrected chi connectivity index (χ2v) is 3.76. The van der Waals surface area contributed by atoms with E-state index in [9.17, 15) is 4.79 Å². The number of carbonyl (C=O) groups is 1. The lowest BCUT2D eigenvalue weighted by Crippen LogP contribution is -2.23. The van der Waals surface area contributed by atoms with E-state index in [1.54, 1.807) is 0 Å². The molecule has 0 spiro atoms. The highest BCUT2D eigenvalue weighted by Gasteiger charge is 2.07. The van der Waals surface area contributed by atoms with Crippen LogP contribution >= 0.6 is 0 Å². The molecule has 0 amide bonds. The Labute approximate surface area is 90.0 Å². The highest BCUT2D eigenvalue weighted by molar-refractivity contribution is 5.58. The van der Waals surface area contributed by atoms with Gasteiger partial charge >= 0.3 is 0 Å². The van der Waals surface area contributed by atoms with Crippen LogP contribution in [-0.2, 0) is 17.8 Å². The maximum atomic E-state index is 10.2. The van der Waals surface area contributed by atoms with Gasteiger partial charge in [-0.2, -0.15) is 0 Å². The number of benzene rings is 1. The fraction of sp³-hybridized carbons (Fsp3) is 0.308. The zero-order chi connectivity index (χ0) is 10.5. The predicted octanol–water partition coefficient (Wildman–Crippen LogP) is 1.93. The lowest BCUT2D eigenvalue weighted by Gasteiger charge is -2.17. The molecule has 0 unspecified atom stereocenters. The summed E-state index contributed by atoms with van der Waals surface area (Å²) in [6.45, 7) is 2.04. The van der Waals surface area contributed by atoms with E-state index in [-0.39, 0.29) is 0 Å². The average Bonchev–Trinajstić information content (AvgIpc) is 2.29. The van der Waals surface area contributed by atoms with Gasteiger partial charge in [0.2, 0.25) is 0 Å². The Hall–Kier alpha value is -1.41. The van der Waals surface area contributed by atoms with E-state index in [2.05, 4.69) is 23.5 Å². The molecule has 0 saturated carbocycles. The van der Waals surface area contributed by atoms with Crippen LogP contribution in [-0.4, -0.2) is 12.8 Å². The van der Waals surface area contributed by atoms with Crippen molar-refractivity contribution in [1.29, 1.82) is 0 Å². The molecular formula is C13H15NO. The zero-order valence-corrected chi connectivity index (χ0v) is 8.70. The van der Waals surface area contributed by atoms with Crippen molar-refractivity contribution >= 4 is 12.4 Å². The molecule has 1 aliphatic rings. The molecule has 15 heavy (non-hydrogen) atoms. The molecule has 2 rings (SSSR count). The lowest BCUT2D eigenvalue weighted by molar-refractivity contribution is -0.107. The van der Waals surface area contributed by atoms with Crippen LogP contribution in [0.3, 0.4) is 0 Å². The summed E-state index contributed by atoms with van der Waals surface area (Å²) in [6.07, 6.45) is 6.42. The van der Waals surface area contributed by atoms with E-state index in [4.69, 9.17) is 0 Å². The fourth-order valence-electron chi connectivity index (χ4n) is 1.86. The van der Waals surface area contributed by atoms with Crippen LogP contribution in [0, 0.1) is 0 Å². The number of aldehydes is 1. The van der Waals surface area contributed by atoms with Gasteiger partial charge in [-0.1, -0.05) is 30.4 Å². The Kier molecular flexibility index (Phi) is 3.30. The second-order valence-electron chi connectivity index (χ2n) is 3.76. The van der Waals surface area contributed by atoms with Gasteiger partial charge in [-0.05, 0) is 29.7 Å². The first-order valence-corrected chi connectivity index (χ1v) is 5.33. The number of hydrogen-bond donors (Lipinski definition) is 1. The second kappa shape index (κ2) is 4.89. The van der Waals surface area contributed by atoms with Gasteiger partial charge in [-0.25, -0.2) is 0 Å². The third kappa shape index (κ3) is 2.54. The molecule has 1 heterocycles. The summed E-state index contributed by atoms with van der Waals surface area (Å²) in [5.74, 6) is 0. The smallest absolute Gasteiger partial charge is 0.123 e. The largest absolute Gasteiger partial charge is 0.312 e. The minimum atomic E-state index is 0.495. The predicted molar refractivity (Wildman–Crippen MR) is 61.6 cm³/mol. The molecule has 0 aliphatic carbocycles. The Morgan fingerprint density at radius 2 is 2.27 bits per heavy atom. The molecule has 1 aromatic rings. The number of nitrogens with one attached hydrogen (secondary N) is 1. The van der Waals surface area contributed by atoms with Crippen molar-refractivity contribution in [1.82, 2.24) is 5.32 Å². The van der Waals surface area contributed by atoms with Crippen LogP contribution < -0.4 is 5.32 Å². The van der Waals surface area contributed by atoms with Crippen molar-refractivity contribution in [2.24, 2.45) is 0 Å². The Morgan fingerprint density at radius 3 is 3.13 bits per heavy atom. The van der Waals surface area contributed by atoms with Gasteiger partial charge in [0.15, 0.2) is 0 Å². The van der Waals surface area contributed by atoms with E-state index in [1.807, 2.05) is 12.2 Å². The number of fused-ring (bicyclic) bond motifs is 1. The molecule has 2 heteroatoms. The molecule has 78 valence electrons. The van der Waals surface area contributed by atoms with E-state index in [0.29, 0.717) is 6.42 Å². The summed E-state index contributed by atoms with van der Waals surface area (Å²) in [4.78, 5) is 10.2. The number of allylic oxidation sites excluding steroid dienone is 1. The van der Waals surface area contributed by atoms with Crippen molar-refractivity contribution in [3.8, 4) is 0 Å². The van der Waals surface area contributed by atoms with Crippen molar-refractivity contribution in [2.45, 2.75) is 19.4 Å². The van der Waals surface area contributed by atoms with E-state index < -0.39 is 0 Å². The van der Waals surface area contributed by atoms with Gasteiger partial charge in [0.05, 0.1) is 0 Å². The van der Waals surface area contributed by atoms with Crippen molar-refractivity contribution in [3.05, 3.63) is 41.0 Å². The minimum absolute atomic E-state index is 0.495. The van der Waals surface area contributed by atoms with E-state index >= 15 is 0 Å². The zero-order valence-electron chi connectivity index (χ0n) is 8.70. The van der Waals surface area contributed by atoms with Crippen LogP contribution in [0.4, 0.5) is 0 Å². The van der Waals surface area contributed by atoms with E-state index in [0.717, 1.165) is 25.8 Å². The van der Waals surface area contributed by atoms with Crippen LogP contribution in [0.25, 0.3) is 6.08 Å². The summed E-state index contributed by atoms with van der Waals surface area (Å²) in [7, 11) is 0. The highest BCUT2D eigenvalue weighted by Crippen LogP contribution is 2.16. The Balaban J connectivity index is 2.16. The molecule has 0 aromatic heterocycles. The first-order chi connectivity index (χ1) is 7.40. The number of rotatable bonds is 3. The molecule has 2 nitrogen and oxygen atoms in total. The first-order valence-electron chi connectivity index (χ1n) is 5.33. The van der Waals surface area contributed by atoms with Crippen molar-refractivity contribution in [2.75, 3.05) is 6.54 Å². The van der Waals surface area contributed by atoms with Gasteiger partial charge in [0, 0.05) is 13.0 Å². The topological polar surface area (TPSA) is 29.1 Å². The molecule has 1 N–H and O–H groups in total. The Bertz CT molecular complexity index is 382. The van der Waals surface area contributed by atoms with Gasteiger partial charge in [-0.3, -0.25) is 0 Å². The van der Waals surface area contributed by atoms with Crippen LogP contribution in [0.5, 0.6) is 0 Å². The normalized spacial score (nSPS) is 15.2. The first kappa shape index (κ1) is 10.1. The number of carbonyl (C=O) groups excluding carboxylic acids is 1. The van der Waals surface area contributed by atoms with Crippen molar-refractivity contribution in [3.63, 3.8) is 0 Å². The maximum absolute atomic E-state index is 10.2. The van der Waals surface area contributed by atoms with Crippen molar-refractivity contribution < 1.29 is 4.79 Å². The fourth-order valence-corrected chi connectivity index (χ4v) is 1.86. The van der Waals surface area contributed by atoms with Gasteiger partial charge in [-0.15, -0.1) is 0 Å². The summed E-state index contributed by atoms with van der Waals surface area (Å²) < 4.78 is 0. The molecule has 0 radical (unpaired) electrons. The molecule has 0 fully saturated rings. The van der Waals surface area contributed by atoms with Crippen LogP contribution in [0.1, 0.15) is 23.1 Å². The summed E-state index contributed by atoms with van der Waals surface area (Å²) in [6, 6.07) is 6.50. The molecule has 0 atom stereocenters. The van der Waals surface area contributed by atoms with Gasteiger partial charge in [0.25, 0.3) is 0 Å². The third-order valence-electron chi connectivity index (χ3n) is 2.66. The van der Waals surface area contributed by atoms with Crippen LogP contribution in [0.2, 0.25) is 0 Å². The third-order valence-corrected chi connectivity index (χ3v) is 2.66. The SMILES string of the molecule is O=CCC=Cc1ccc2c(c1)CNCC2. The minimum Gasteiger partial charge on any atom is -0.312 e. The summed E-state index contributed by atoms with van der Waals surface area (Å²) >= 11 is 0. The molecule has 0 bridgehead atoms.